The van der Waals surface area contributed by atoms with Gasteiger partial charge in [-0.15, -0.1) is 0 Å². The summed E-state index contributed by atoms with van der Waals surface area (Å²) in [7, 11) is 5.33. The Morgan fingerprint density at radius 3 is 2.14 bits per heavy atom. The molecule has 0 atom stereocenters. The Bertz CT molecular complexity index is 405. The topological polar surface area (TPSA) is 40.2 Å². The van der Waals surface area contributed by atoms with Gasteiger partial charge in [-0.3, -0.25) is 4.90 Å². The first kappa shape index (κ1) is 17.8. The minimum absolute atomic E-state index is 0.190. The molecule has 0 saturated heterocycles. The van der Waals surface area contributed by atoms with Gasteiger partial charge in [-0.25, -0.2) is 0 Å². The summed E-state index contributed by atoms with van der Waals surface area (Å²) in [5, 5.41) is 0. The van der Waals surface area contributed by atoms with Crippen molar-refractivity contribution in [3.05, 3.63) is 23.8 Å². The van der Waals surface area contributed by atoms with Crippen LogP contribution in [0, 0.1) is 0 Å². The molecule has 0 aromatic heterocycles. The lowest BCUT2D eigenvalue weighted by Gasteiger charge is -2.24. The summed E-state index contributed by atoms with van der Waals surface area (Å²) in [4.78, 5) is 2.16. The van der Waals surface area contributed by atoms with Crippen LogP contribution in [0.4, 0.5) is 0 Å². The summed E-state index contributed by atoms with van der Waals surface area (Å²) in [6.45, 7) is 6.75. The van der Waals surface area contributed by atoms with Crippen LogP contribution in [0.5, 0.6) is 11.5 Å². The van der Waals surface area contributed by atoms with Gasteiger partial charge in [-0.2, -0.15) is 0 Å². The molecule has 1 aromatic rings. The third kappa shape index (κ3) is 5.91. The van der Waals surface area contributed by atoms with Crippen LogP contribution in [0.15, 0.2) is 18.2 Å². The molecule has 0 saturated carbocycles. The lowest BCUT2D eigenvalue weighted by molar-refractivity contribution is -0.145. The monoisotopic (exact) mass is 297 g/mol. The van der Waals surface area contributed by atoms with Crippen molar-refractivity contribution < 1.29 is 18.9 Å². The van der Waals surface area contributed by atoms with Crippen LogP contribution in [0.3, 0.4) is 0 Å². The maximum absolute atomic E-state index is 5.56. The molecule has 0 spiro atoms. The number of benzene rings is 1. The average Bonchev–Trinajstić information content (AvgIpc) is 2.47. The van der Waals surface area contributed by atoms with Gasteiger partial charge in [-0.05, 0) is 38.6 Å². The number of methoxy groups -OCH3 is 2. The predicted octanol–water partition coefficient (Wildman–Crippen LogP) is 2.53. The van der Waals surface area contributed by atoms with Crippen molar-refractivity contribution in [3.63, 3.8) is 0 Å². The fraction of sp³-hybridized carbons (Fsp3) is 0.625. The first-order valence-corrected chi connectivity index (χ1v) is 7.27. The number of nitrogens with zero attached hydrogens (tertiary/aromatic N) is 1. The lowest BCUT2D eigenvalue weighted by atomic mass is 10.2. The molecule has 21 heavy (non-hydrogen) atoms. The summed E-state index contributed by atoms with van der Waals surface area (Å²) in [6, 6.07) is 5.95. The van der Waals surface area contributed by atoms with Crippen LogP contribution in [0.25, 0.3) is 0 Å². The highest BCUT2D eigenvalue weighted by Gasteiger charge is 2.12. The Morgan fingerprint density at radius 2 is 1.62 bits per heavy atom. The molecule has 0 aliphatic rings. The van der Waals surface area contributed by atoms with Crippen molar-refractivity contribution in [1.82, 2.24) is 4.90 Å². The molecule has 1 rings (SSSR count). The molecule has 0 radical (unpaired) electrons. The second kappa shape index (κ2) is 9.60. The van der Waals surface area contributed by atoms with Crippen LogP contribution in [-0.2, 0) is 16.0 Å². The van der Waals surface area contributed by atoms with E-state index in [-0.39, 0.29) is 6.29 Å². The van der Waals surface area contributed by atoms with E-state index in [9.17, 15) is 0 Å². The molecule has 0 aliphatic heterocycles. The van der Waals surface area contributed by atoms with Gasteiger partial charge in [0.2, 0.25) is 0 Å². The molecule has 0 fully saturated rings. The summed E-state index contributed by atoms with van der Waals surface area (Å²) in [6.07, 6.45) is -0.190. The predicted molar refractivity (Wildman–Crippen MR) is 82.9 cm³/mol. The number of ether oxygens (including phenoxy) is 4. The second-order valence-electron chi connectivity index (χ2n) is 4.73. The molecule has 1 aromatic carbocycles. The van der Waals surface area contributed by atoms with Crippen LogP contribution in [0.2, 0.25) is 0 Å². The minimum Gasteiger partial charge on any atom is -0.493 e. The molecule has 0 aliphatic carbocycles. The summed E-state index contributed by atoms with van der Waals surface area (Å²) >= 11 is 0. The molecule has 0 amide bonds. The Morgan fingerprint density at radius 1 is 1.00 bits per heavy atom. The molecular formula is C16H27NO4. The van der Waals surface area contributed by atoms with E-state index < -0.39 is 0 Å². The molecule has 0 N–H and O–H groups in total. The smallest absolute Gasteiger partial charge is 0.170 e. The van der Waals surface area contributed by atoms with Crippen LogP contribution in [-0.4, -0.2) is 52.2 Å². The standard InChI is InChI=1S/C16H27NO4/c1-6-20-16(21-7-2)12-17(3)11-13-8-9-14(18-4)15(10-13)19-5/h8-10,16H,6-7,11-12H2,1-5H3. The fourth-order valence-electron chi connectivity index (χ4n) is 2.13. The number of hydrogen-bond donors (Lipinski definition) is 0. The average molecular weight is 297 g/mol. The second-order valence-corrected chi connectivity index (χ2v) is 4.73. The Hall–Kier alpha value is -1.30. The highest BCUT2D eigenvalue weighted by atomic mass is 16.7. The molecular weight excluding hydrogens is 270 g/mol. The molecule has 0 unspecified atom stereocenters. The summed E-state index contributed by atoms with van der Waals surface area (Å²) in [5.74, 6) is 1.49. The van der Waals surface area contributed by atoms with E-state index >= 15 is 0 Å². The first-order chi connectivity index (χ1) is 10.1. The third-order valence-corrected chi connectivity index (χ3v) is 3.07. The number of rotatable bonds is 10. The molecule has 0 bridgehead atoms. The third-order valence-electron chi connectivity index (χ3n) is 3.07. The van der Waals surface area contributed by atoms with E-state index in [2.05, 4.69) is 4.90 Å². The van der Waals surface area contributed by atoms with Gasteiger partial charge < -0.3 is 18.9 Å². The zero-order chi connectivity index (χ0) is 15.7. The zero-order valence-corrected chi connectivity index (χ0v) is 13.7. The Labute approximate surface area is 127 Å². The first-order valence-electron chi connectivity index (χ1n) is 7.27. The molecule has 5 heteroatoms. The molecule has 0 heterocycles. The molecule has 120 valence electrons. The maximum atomic E-state index is 5.56. The van der Waals surface area contributed by atoms with Gasteiger partial charge in [-0.1, -0.05) is 6.07 Å². The van der Waals surface area contributed by atoms with E-state index in [1.54, 1.807) is 14.2 Å². The zero-order valence-electron chi connectivity index (χ0n) is 13.7. The Kier molecular flexibility index (Phi) is 8.12. The fourth-order valence-corrected chi connectivity index (χ4v) is 2.13. The van der Waals surface area contributed by atoms with Gasteiger partial charge in [0.05, 0.1) is 14.2 Å². The summed E-state index contributed by atoms with van der Waals surface area (Å²) < 4.78 is 21.7. The van der Waals surface area contributed by atoms with Crippen LogP contribution in [0.1, 0.15) is 19.4 Å². The van der Waals surface area contributed by atoms with Crippen molar-refractivity contribution >= 4 is 0 Å². The SMILES string of the molecule is CCOC(CN(C)Cc1ccc(OC)c(OC)c1)OCC. The van der Waals surface area contributed by atoms with Crippen molar-refractivity contribution in [1.29, 1.82) is 0 Å². The van der Waals surface area contributed by atoms with Gasteiger partial charge in [0.1, 0.15) is 0 Å². The minimum atomic E-state index is -0.190. The normalized spacial score (nSPS) is 11.2. The quantitative estimate of drug-likeness (QED) is 0.621. The van der Waals surface area contributed by atoms with Crippen LogP contribution >= 0.6 is 0 Å². The number of hydrogen-bond acceptors (Lipinski definition) is 5. The van der Waals surface area contributed by atoms with Crippen molar-refractivity contribution in [2.75, 3.05) is 41.0 Å². The van der Waals surface area contributed by atoms with Gasteiger partial charge in [0.25, 0.3) is 0 Å². The molecule has 5 nitrogen and oxygen atoms in total. The van der Waals surface area contributed by atoms with Crippen molar-refractivity contribution in [2.45, 2.75) is 26.7 Å². The highest BCUT2D eigenvalue weighted by molar-refractivity contribution is 5.42. The van der Waals surface area contributed by atoms with E-state index in [4.69, 9.17) is 18.9 Å². The summed E-state index contributed by atoms with van der Waals surface area (Å²) in [5.41, 5.74) is 1.15. The van der Waals surface area contributed by atoms with Crippen molar-refractivity contribution in [2.24, 2.45) is 0 Å². The maximum Gasteiger partial charge on any atom is 0.170 e. The van der Waals surface area contributed by atoms with E-state index in [0.717, 1.165) is 30.2 Å². The van der Waals surface area contributed by atoms with E-state index in [1.165, 1.54) is 0 Å². The Balaban J connectivity index is 2.62. The number of likely N-dealkylation sites (N-methyl/N-ethyl adjacent to an activating group) is 1. The largest absolute Gasteiger partial charge is 0.493 e. The lowest BCUT2D eigenvalue weighted by Crippen LogP contribution is -2.32. The van der Waals surface area contributed by atoms with Gasteiger partial charge >= 0.3 is 0 Å². The van der Waals surface area contributed by atoms with E-state index in [0.29, 0.717) is 13.2 Å². The van der Waals surface area contributed by atoms with E-state index in [1.807, 2.05) is 39.1 Å². The van der Waals surface area contributed by atoms with Gasteiger partial charge in [0, 0.05) is 26.3 Å². The van der Waals surface area contributed by atoms with Gasteiger partial charge in [0.15, 0.2) is 17.8 Å². The van der Waals surface area contributed by atoms with Crippen molar-refractivity contribution in [3.8, 4) is 11.5 Å². The highest BCUT2D eigenvalue weighted by Crippen LogP contribution is 2.27. The van der Waals surface area contributed by atoms with Crippen LogP contribution < -0.4 is 9.47 Å².